The molecular weight excluding hydrogens is 852 g/mol. The van der Waals surface area contributed by atoms with Crippen LogP contribution in [0.4, 0.5) is 0 Å². The normalized spacial score (nSPS) is 12.2. The van der Waals surface area contributed by atoms with Gasteiger partial charge in [-0.1, -0.05) is 89.6 Å². The zero-order valence-electron chi connectivity index (χ0n) is 33.3. The lowest BCUT2D eigenvalue weighted by Gasteiger charge is -2.13. The molecular formula is C47H41BrN8O6. The Morgan fingerprint density at radius 3 is 1.56 bits per heavy atom. The summed E-state index contributed by atoms with van der Waals surface area (Å²) < 4.78 is 14.0. The van der Waals surface area contributed by atoms with E-state index in [1.165, 1.54) is 33.5 Å². The molecule has 0 aliphatic heterocycles. The number of hydrogen-bond donors (Lipinski definition) is 2. The third kappa shape index (κ3) is 10.4. The third-order valence-electron chi connectivity index (χ3n) is 8.81. The number of benzene rings is 4. The van der Waals surface area contributed by atoms with Crippen molar-refractivity contribution >= 4 is 49.7 Å². The molecule has 15 heteroatoms. The number of terminal acetylenes is 1. The summed E-state index contributed by atoms with van der Waals surface area (Å²) in [4.78, 5) is 39.7. The zero-order valence-corrected chi connectivity index (χ0v) is 34.8. The molecule has 8 rings (SSSR count). The van der Waals surface area contributed by atoms with Gasteiger partial charge in [0.2, 0.25) is 0 Å². The molecule has 0 saturated carbocycles. The first-order valence-electron chi connectivity index (χ1n) is 18.4. The summed E-state index contributed by atoms with van der Waals surface area (Å²) in [5, 5.41) is 30.4. The summed E-state index contributed by atoms with van der Waals surface area (Å²) in [5.41, 5.74) is 1.63. The van der Waals surface area contributed by atoms with Gasteiger partial charge in [0.05, 0.1) is 36.6 Å². The molecule has 4 heterocycles. The molecule has 0 aliphatic carbocycles. The van der Waals surface area contributed by atoms with Crippen LogP contribution in [0.25, 0.3) is 33.2 Å². The molecule has 62 heavy (non-hydrogen) atoms. The van der Waals surface area contributed by atoms with Crippen LogP contribution in [0.1, 0.15) is 59.5 Å². The molecule has 0 radical (unpaired) electrons. The fraction of sp³-hybridized carbons (Fsp3) is 0.149. The van der Waals surface area contributed by atoms with Gasteiger partial charge in [-0.25, -0.2) is 38.9 Å². The van der Waals surface area contributed by atoms with Gasteiger partial charge >= 0.3 is 11.9 Å². The number of hydrogen-bond acceptors (Lipinski definition) is 12. The van der Waals surface area contributed by atoms with Crippen LogP contribution in [0.15, 0.2) is 138 Å². The molecule has 4 aromatic heterocycles. The summed E-state index contributed by atoms with van der Waals surface area (Å²) in [6.07, 6.45) is 11.2. The SMILES string of the molecule is C.C#C[C@@](C)(O)c1ncccn1.COC(=O)c1nn(-c2cccc(Br)c2)c2ccccc12.COC(=O)c1nn(-c2cccc(C#C[C@@](C)(O)c3ncccn3)c2)c2ccccc12. The van der Waals surface area contributed by atoms with E-state index in [-0.39, 0.29) is 24.8 Å². The second-order valence-corrected chi connectivity index (χ2v) is 14.2. The summed E-state index contributed by atoms with van der Waals surface area (Å²) in [5.74, 6) is 7.52. The Morgan fingerprint density at radius 2 is 1.10 bits per heavy atom. The summed E-state index contributed by atoms with van der Waals surface area (Å²) >= 11 is 3.44. The number of fused-ring (bicyclic) bond motifs is 2. The van der Waals surface area contributed by atoms with Crippen molar-refractivity contribution in [3.8, 4) is 35.6 Å². The number of carbonyl (C=O) groups excluding carboxylic acids is 2. The predicted octanol–water partition coefficient (Wildman–Crippen LogP) is 7.39. The number of ether oxygens (including phenoxy) is 2. The summed E-state index contributed by atoms with van der Waals surface area (Å²) in [6.45, 7) is 3.02. The Labute approximate surface area is 366 Å². The summed E-state index contributed by atoms with van der Waals surface area (Å²) in [6, 6.07) is 33.4. The van der Waals surface area contributed by atoms with Crippen molar-refractivity contribution < 1.29 is 29.3 Å². The Morgan fingerprint density at radius 1 is 0.645 bits per heavy atom. The summed E-state index contributed by atoms with van der Waals surface area (Å²) in [7, 11) is 2.68. The second-order valence-electron chi connectivity index (χ2n) is 13.3. The number of carbonyl (C=O) groups is 2. The number of aromatic nitrogens is 8. The van der Waals surface area contributed by atoms with Crippen LogP contribution >= 0.6 is 15.9 Å². The van der Waals surface area contributed by atoms with E-state index in [9.17, 15) is 19.8 Å². The smallest absolute Gasteiger partial charge is 0.359 e. The van der Waals surface area contributed by atoms with Crippen LogP contribution in [-0.2, 0) is 20.7 Å². The lowest BCUT2D eigenvalue weighted by atomic mass is 10.1. The lowest BCUT2D eigenvalue weighted by molar-refractivity contribution is 0.0587. The van der Waals surface area contributed by atoms with Crippen LogP contribution in [0.2, 0.25) is 0 Å². The highest BCUT2D eigenvalue weighted by molar-refractivity contribution is 9.10. The molecule has 2 atom stereocenters. The predicted molar refractivity (Wildman–Crippen MR) is 238 cm³/mol. The van der Waals surface area contributed by atoms with E-state index in [0.717, 1.165) is 32.3 Å². The fourth-order valence-corrected chi connectivity index (χ4v) is 6.15. The highest BCUT2D eigenvalue weighted by atomic mass is 79.9. The largest absolute Gasteiger partial charge is 0.464 e. The van der Waals surface area contributed by atoms with E-state index < -0.39 is 23.1 Å². The minimum absolute atomic E-state index is 0. The van der Waals surface area contributed by atoms with Crippen LogP contribution in [0.3, 0.4) is 0 Å². The molecule has 4 aromatic carbocycles. The maximum Gasteiger partial charge on any atom is 0.359 e. The Balaban J connectivity index is 0.000000195. The number of methoxy groups -OCH3 is 2. The van der Waals surface area contributed by atoms with E-state index in [1.54, 1.807) is 40.8 Å². The number of aliphatic hydroxyl groups is 2. The average molecular weight is 894 g/mol. The molecule has 312 valence electrons. The van der Waals surface area contributed by atoms with Crippen molar-refractivity contribution in [2.45, 2.75) is 32.5 Å². The maximum absolute atomic E-state index is 12.1. The molecule has 2 N–H and O–H groups in total. The van der Waals surface area contributed by atoms with Crippen molar-refractivity contribution in [3.63, 3.8) is 0 Å². The lowest BCUT2D eigenvalue weighted by Crippen LogP contribution is -2.21. The Bertz CT molecular complexity index is 2930. The van der Waals surface area contributed by atoms with Gasteiger partial charge in [-0.2, -0.15) is 10.2 Å². The molecule has 0 aliphatic rings. The van der Waals surface area contributed by atoms with Gasteiger partial charge in [-0.15, -0.1) is 6.42 Å². The molecule has 0 saturated heterocycles. The maximum atomic E-state index is 12.1. The van der Waals surface area contributed by atoms with Gasteiger partial charge in [-0.3, -0.25) is 0 Å². The van der Waals surface area contributed by atoms with Crippen LogP contribution in [-0.4, -0.2) is 75.9 Å². The first-order chi connectivity index (χ1) is 29.4. The number of esters is 2. The van der Waals surface area contributed by atoms with Gasteiger partial charge in [0.25, 0.3) is 0 Å². The van der Waals surface area contributed by atoms with Crippen molar-refractivity contribution in [1.29, 1.82) is 0 Å². The Hall–Kier alpha value is -7.56. The van der Waals surface area contributed by atoms with Crippen LogP contribution in [0.5, 0.6) is 0 Å². The average Bonchev–Trinajstić information content (AvgIpc) is 3.89. The van der Waals surface area contributed by atoms with Gasteiger partial charge < -0.3 is 19.7 Å². The van der Waals surface area contributed by atoms with E-state index in [0.29, 0.717) is 16.6 Å². The van der Waals surface area contributed by atoms with Crippen LogP contribution < -0.4 is 0 Å². The minimum atomic E-state index is -1.49. The van der Waals surface area contributed by atoms with Gasteiger partial charge in [-0.05, 0) is 74.5 Å². The first-order valence-corrected chi connectivity index (χ1v) is 19.2. The molecule has 0 fully saturated rings. The quantitative estimate of drug-likeness (QED) is 0.125. The van der Waals surface area contributed by atoms with Crippen molar-refractivity contribution in [1.82, 2.24) is 39.5 Å². The fourth-order valence-electron chi connectivity index (χ4n) is 5.76. The third-order valence-corrected chi connectivity index (χ3v) is 9.30. The van der Waals surface area contributed by atoms with Crippen molar-refractivity contribution in [3.05, 3.63) is 167 Å². The molecule has 0 amide bonds. The molecule has 0 bridgehead atoms. The van der Waals surface area contributed by atoms with E-state index in [2.05, 4.69) is 63.8 Å². The molecule has 0 spiro atoms. The van der Waals surface area contributed by atoms with Crippen molar-refractivity contribution in [2.75, 3.05) is 14.2 Å². The number of para-hydroxylation sites is 2. The number of rotatable bonds is 6. The van der Waals surface area contributed by atoms with E-state index in [1.807, 2.05) is 97.1 Å². The molecule has 8 aromatic rings. The number of halogens is 1. The molecule has 0 unspecified atom stereocenters. The van der Waals surface area contributed by atoms with Crippen LogP contribution in [0, 0.1) is 24.2 Å². The monoisotopic (exact) mass is 892 g/mol. The Kier molecular flexibility index (Phi) is 14.8. The minimum Gasteiger partial charge on any atom is -0.464 e. The zero-order chi connectivity index (χ0) is 43.6. The standard InChI is InChI=1S/C23H18N4O3.C15H11BrN2O2.C8H8N2O.CH4/c1-23(29,22-24-13-6-14-25-22)12-11-16-7-5-8-17(15-16)27-19-10-4-3-9-18(19)20(26-27)21(28)30-2;1-20-15(19)14-12-7-2-3-8-13(12)18(17-14)11-6-4-5-10(16)9-11;1-3-8(2,11)7-9-5-4-6-10-7;/h3-10,13-15,29H,1-2H3;2-9H,1H3;1,4-6,11H,2H3;1H4/t23-;;8-;/m1.1./s1. The highest BCUT2D eigenvalue weighted by Crippen LogP contribution is 2.25. The topological polar surface area (TPSA) is 180 Å². The molecule has 14 nitrogen and oxygen atoms in total. The first kappa shape index (κ1) is 45.5. The van der Waals surface area contributed by atoms with E-state index >= 15 is 0 Å². The van der Waals surface area contributed by atoms with Gasteiger partial charge in [0.1, 0.15) is 0 Å². The van der Waals surface area contributed by atoms with Gasteiger partial charge in [0, 0.05) is 45.6 Å². The second kappa shape index (κ2) is 20.1. The van der Waals surface area contributed by atoms with Gasteiger partial charge in [0.15, 0.2) is 34.2 Å². The number of nitrogens with zero attached hydrogens (tertiary/aromatic N) is 8. The van der Waals surface area contributed by atoms with E-state index in [4.69, 9.17) is 15.9 Å². The van der Waals surface area contributed by atoms with Crippen molar-refractivity contribution in [2.24, 2.45) is 0 Å². The highest BCUT2D eigenvalue weighted by Gasteiger charge is 2.24.